The monoisotopic (exact) mass is 514 g/mol. The number of hydrogen-bond acceptors (Lipinski definition) is 6. The zero-order chi connectivity index (χ0) is 25.8. The van der Waals surface area contributed by atoms with Gasteiger partial charge >= 0.3 is 0 Å². The molecule has 0 heterocycles. The molecule has 0 unspecified atom stereocenters. The molecular weight excluding hydrogens is 492 g/mol. The molecule has 11 heteroatoms. The largest absolute Gasteiger partial charge is 0.271 e. The number of halogens is 1. The fourth-order valence-electron chi connectivity index (χ4n) is 3.26. The first-order chi connectivity index (χ1) is 16.5. The third-order valence-corrected chi connectivity index (χ3v) is 7.16. The molecule has 0 aliphatic carbocycles. The van der Waals surface area contributed by atoms with E-state index in [0.717, 1.165) is 9.87 Å². The van der Waals surface area contributed by atoms with Crippen molar-refractivity contribution < 1.29 is 18.1 Å². The van der Waals surface area contributed by atoms with Gasteiger partial charge in [0.15, 0.2) is 0 Å². The smallest absolute Gasteiger partial charge is 0.270 e. The molecule has 3 aromatic rings. The van der Waals surface area contributed by atoms with Crippen molar-refractivity contribution in [2.75, 3.05) is 10.8 Å². The fraction of sp³-hybridized carbons (Fsp3) is 0.167. The van der Waals surface area contributed by atoms with Crippen LogP contribution >= 0.6 is 11.6 Å². The molecule has 1 N–H and O–H groups in total. The number of sulfonamides is 1. The molecule has 0 saturated heterocycles. The van der Waals surface area contributed by atoms with Gasteiger partial charge in [-0.3, -0.25) is 19.2 Å². The average Bonchev–Trinajstić information content (AvgIpc) is 2.81. The van der Waals surface area contributed by atoms with Gasteiger partial charge < -0.3 is 0 Å². The lowest BCUT2D eigenvalue weighted by atomic mass is 10.1. The number of carbonyl (C=O) groups excluding carboxylic acids is 1. The Labute approximate surface area is 208 Å². The van der Waals surface area contributed by atoms with Crippen LogP contribution < -0.4 is 9.73 Å². The van der Waals surface area contributed by atoms with Crippen LogP contribution in [-0.2, 0) is 14.8 Å². The first-order valence-electron chi connectivity index (χ1n) is 10.4. The minimum atomic E-state index is -4.10. The second-order valence-electron chi connectivity index (χ2n) is 7.80. The number of nitro benzene ring substituents is 1. The molecule has 0 atom stereocenters. The van der Waals surface area contributed by atoms with Crippen LogP contribution in [0.5, 0.6) is 0 Å². The van der Waals surface area contributed by atoms with Gasteiger partial charge in [0.1, 0.15) is 6.54 Å². The number of rotatable bonds is 8. The molecule has 1 amide bonds. The van der Waals surface area contributed by atoms with E-state index < -0.39 is 27.4 Å². The molecule has 0 saturated carbocycles. The molecule has 9 nitrogen and oxygen atoms in total. The zero-order valence-electron chi connectivity index (χ0n) is 19.2. The summed E-state index contributed by atoms with van der Waals surface area (Å²) in [7, 11) is -4.10. The average molecular weight is 515 g/mol. The number of non-ortho nitro benzene ring substituents is 1. The van der Waals surface area contributed by atoms with Gasteiger partial charge in [-0.2, -0.15) is 5.10 Å². The Balaban J connectivity index is 1.91. The number of nitrogens with zero attached hydrogens (tertiary/aromatic N) is 3. The first-order valence-corrected chi connectivity index (χ1v) is 12.2. The quantitative estimate of drug-likeness (QED) is 0.267. The van der Waals surface area contributed by atoms with E-state index in [9.17, 15) is 23.3 Å². The highest BCUT2D eigenvalue weighted by Crippen LogP contribution is 2.29. The van der Waals surface area contributed by atoms with Gasteiger partial charge in [0, 0.05) is 22.7 Å². The number of benzene rings is 3. The summed E-state index contributed by atoms with van der Waals surface area (Å²) in [6, 6.07) is 16.8. The van der Waals surface area contributed by atoms with E-state index in [-0.39, 0.29) is 10.6 Å². The number of aryl methyl sites for hydroxylation is 2. The molecule has 0 bridgehead atoms. The molecule has 0 fully saturated rings. The molecule has 35 heavy (non-hydrogen) atoms. The normalized spacial score (nSPS) is 11.7. The van der Waals surface area contributed by atoms with Gasteiger partial charge in [-0.1, -0.05) is 41.4 Å². The Morgan fingerprint density at radius 3 is 2.40 bits per heavy atom. The molecule has 3 aromatic carbocycles. The van der Waals surface area contributed by atoms with Crippen molar-refractivity contribution in [2.45, 2.75) is 25.7 Å². The van der Waals surface area contributed by atoms with E-state index in [0.29, 0.717) is 27.5 Å². The van der Waals surface area contributed by atoms with Crippen molar-refractivity contribution in [1.29, 1.82) is 0 Å². The van der Waals surface area contributed by atoms with Gasteiger partial charge in [-0.15, -0.1) is 0 Å². The highest BCUT2D eigenvalue weighted by molar-refractivity contribution is 7.92. The van der Waals surface area contributed by atoms with Gasteiger partial charge in [0.05, 0.1) is 21.2 Å². The molecule has 0 aromatic heterocycles. The maximum absolute atomic E-state index is 13.5. The maximum Gasteiger partial charge on any atom is 0.270 e. The van der Waals surface area contributed by atoms with Crippen molar-refractivity contribution >= 4 is 44.6 Å². The van der Waals surface area contributed by atoms with Crippen LogP contribution in [-0.4, -0.2) is 31.5 Å². The lowest BCUT2D eigenvalue weighted by Crippen LogP contribution is -2.40. The summed E-state index contributed by atoms with van der Waals surface area (Å²) in [5, 5.41) is 15.4. The number of nitro groups is 1. The summed E-state index contributed by atoms with van der Waals surface area (Å²) in [5.74, 6) is -0.695. The topological polar surface area (TPSA) is 122 Å². The molecule has 0 radical (unpaired) electrons. The van der Waals surface area contributed by atoms with E-state index >= 15 is 0 Å². The molecule has 0 spiro atoms. The van der Waals surface area contributed by atoms with Crippen molar-refractivity contribution in [3.8, 4) is 0 Å². The predicted octanol–water partition coefficient (Wildman–Crippen LogP) is 4.60. The highest BCUT2D eigenvalue weighted by Gasteiger charge is 2.28. The minimum Gasteiger partial charge on any atom is -0.271 e. The van der Waals surface area contributed by atoms with Crippen LogP contribution in [0.4, 0.5) is 11.4 Å². The first kappa shape index (κ1) is 25.9. The number of nitrogens with one attached hydrogen (secondary N) is 1. The highest BCUT2D eigenvalue weighted by atomic mass is 35.5. The van der Waals surface area contributed by atoms with Crippen molar-refractivity contribution in [3.63, 3.8) is 0 Å². The van der Waals surface area contributed by atoms with Crippen LogP contribution in [0.15, 0.2) is 76.7 Å². The van der Waals surface area contributed by atoms with Crippen LogP contribution in [0.3, 0.4) is 0 Å². The van der Waals surface area contributed by atoms with Crippen molar-refractivity contribution in [2.24, 2.45) is 5.10 Å². The van der Waals surface area contributed by atoms with Crippen molar-refractivity contribution in [3.05, 3.63) is 98.6 Å². The third-order valence-electron chi connectivity index (χ3n) is 5.15. The molecule has 3 rings (SSSR count). The summed E-state index contributed by atoms with van der Waals surface area (Å²) < 4.78 is 28.0. The summed E-state index contributed by atoms with van der Waals surface area (Å²) in [6.45, 7) is 4.56. The van der Waals surface area contributed by atoms with E-state index in [1.807, 2.05) is 6.92 Å². The molecule has 0 aliphatic rings. The van der Waals surface area contributed by atoms with Crippen LogP contribution in [0.25, 0.3) is 0 Å². The maximum atomic E-state index is 13.5. The van der Waals surface area contributed by atoms with Crippen molar-refractivity contribution in [1.82, 2.24) is 5.43 Å². The Morgan fingerprint density at radius 1 is 1.09 bits per heavy atom. The zero-order valence-corrected chi connectivity index (χ0v) is 20.8. The minimum absolute atomic E-state index is 0.0292. The van der Waals surface area contributed by atoms with Gasteiger partial charge in [-0.05, 0) is 56.7 Å². The van der Waals surface area contributed by atoms with Gasteiger partial charge in [0.25, 0.3) is 21.6 Å². The fourth-order valence-corrected chi connectivity index (χ4v) is 4.97. The number of hydrazone groups is 1. The SMILES string of the molecule is C/C(=N\NC(=O)CN(c1ccc(Cl)cc1C)S(=O)(=O)c1ccc(C)cc1)c1cccc([N+](=O)[O-])c1. The standard InChI is InChI=1S/C24H23ClN4O5S/c1-16-7-10-22(11-8-16)35(33,34)28(23-12-9-20(25)13-17(23)2)15-24(30)27-26-18(3)19-5-4-6-21(14-19)29(31)32/h4-14H,15H2,1-3H3,(H,27,30)/b26-18+. The predicted molar refractivity (Wildman–Crippen MR) is 135 cm³/mol. The third kappa shape index (κ3) is 6.23. The Hall–Kier alpha value is -3.76. The van der Waals surface area contributed by atoms with Crippen LogP contribution in [0.2, 0.25) is 5.02 Å². The van der Waals surface area contributed by atoms with Gasteiger partial charge in [0.2, 0.25) is 0 Å². The van der Waals surface area contributed by atoms with Gasteiger partial charge in [-0.25, -0.2) is 13.8 Å². The number of anilines is 1. The second-order valence-corrected chi connectivity index (χ2v) is 10.1. The van der Waals surface area contributed by atoms with Crippen LogP contribution in [0, 0.1) is 24.0 Å². The Bertz CT molecular complexity index is 1410. The lowest BCUT2D eigenvalue weighted by Gasteiger charge is -2.25. The lowest BCUT2D eigenvalue weighted by molar-refractivity contribution is -0.384. The Morgan fingerprint density at radius 2 is 1.77 bits per heavy atom. The van der Waals surface area contributed by atoms with E-state index in [1.165, 1.54) is 36.4 Å². The second kappa shape index (κ2) is 10.7. The number of amides is 1. The Kier molecular flexibility index (Phi) is 7.88. The summed E-state index contributed by atoms with van der Waals surface area (Å²) in [4.78, 5) is 23.3. The van der Waals surface area contributed by atoms with E-state index in [4.69, 9.17) is 11.6 Å². The van der Waals surface area contributed by atoms with Crippen LogP contribution in [0.1, 0.15) is 23.6 Å². The molecule has 0 aliphatic heterocycles. The summed E-state index contributed by atoms with van der Waals surface area (Å²) >= 11 is 6.04. The van der Waals surface area contributed by atoms with E-state index in [1.54, 1.807) is 44.2 Å². The number of hydrogen-bond donors (Lipinski definition) is 1. The molecular formula is C24H23ClN4O5S. The number of carbonyl (C=O) groups is 1. The molecule has 182 valence electrons. The van der Waals surface area contributed by atoms with E-state index in [2.05, 4.69) is 10.5 Å². The summed E-state index contributed by atoms with van der Waals surface area (Å²) in [5.41, 5.74) is 4.74. The summed E-state index contributed by atoms with van der Waals surface area (Å²) in [6.07, 6.45) is 0.